The van der Waals surface area contributed by atoms with E-state index in [0.29, 0.717) is 5.75 Å². The molecule has 0 aliphatic heterocycles. The molecule has 0 heterocycles. The molecule has 0 fully saturated rings. The normalized spacial score (nSPS) is 13.9. The van der Waals surface area contributed by atoms with E-state index in [9.17, 15) is 39.2 Å². The summed E-state index contributed by atoms with van der Waals surface area (Å²) in [5.41, 5.74) is 0. The zero-order valence-corrected chi connectivity index (χ0v) is 19.4. The molecule has 0 aliphatic rings. The molecule has 0 aromatic heterocycles. The molecule has 0 aliphatic carbocycles. The minimum Gasteiger partial charge on any atom is -0.497 e. The monoisotopic (exact) mass is 543 g/mol. The maximum absolute atomic E-state index is 14.5. The van der Waals surface area contributed by atoms with Gasteiger partial charge in [0.2, 0.25) is 0 Å². The quantitative estimate of drug-likeness (QED) is 0.173. The van der Waals surface area contributed by atoms with Crippen molar-refractivity contribution >= 4 is 20.4 Å². The second-order valence-corrected chi connectivity index (χ2v) is 11.7. The number of rotatable bonds is 8. The summed E-state index contributed by atoms with van der Waals surface area (Å²) in [7, 11) is -9.16. The Balaban J connectivity index is 2.35. The summed E-state index contributed by atoms with van der Waals surface area (Å²) in [4.78, 5) is -0.0115. The number of hydrogen-bond donors (Lipinski definition) is 0. The second kappa shape index (κ2) is 9.36. The molecule has 0 unspecified atom stereocenters. The molecule has 3 aromatic carbocycles. The predicted molar refractivity (Wildman–Crippen MR) is 116 cm³/mol. The van der Waals surface area contributed by atoms with Crippen LogP contribution in [0.15, 0.2) is 99.6 Å². The first-order valence-corrected chi connectivity index (χ1v) is 12.6. The summed E-state index contributed by atoms with van der Waals surface area (Å²) in [6.45, 7) is 0. The van der Waals surface area contributed by atoms with Gasteiger partial charge in [0.05, 0.1) is 32.1 Å². The van der Waals surface area contributed by atoms with Gasteiger partial charge in [-0.1, -0.05) is 36.4 Å². The molecule has 0 amide bonds. The van der Waals surface area contributed by atoms with Gasteiger partial charge in [0.15, 0.2) is 0 Å². The van der Waals surface area contributed by atoms with Crippen molar-refractivity contribution in [2.75, 3.05) is 7.11 Å². The minimum atomic E-state index is -6.90. The van der Waals surface area contributed by atoms with Crippen LogP contribution in [0.4, 0.5) is 30.7 Å². The van der Waals surface area contributed by atoms with E-state index in [1.54, 1.807) is 0 Å². The second-order valence-electron chi connectivity index (χ2n) is 7.02. The van der Waals surface area contributed by atoms with E-state index in [1.807, 2.05) is 0 Å². The lowest BCUT2D eigenvalue weighted by molar-refractivity contribution is -0.333. The Labute approximate surface area is 197 Å². The van der Waals surface area contributed by atoms with Crippen molar-refractivity contribution in [2.24, 2.45) is 0 Å². The number of methoxy groups -OCH3 is 1. The van der Waals surface area contributed by atoms with Crippen molar-refractivity contribution in [1.29, 1.82) is 0 Å². The maximum Gasteiger partial charge on any atom is 0.489 e. The van der Waals surface area contributed by atoms with E-state index in [4.69, 9.17) is 4.74 Å². The molecular formula is C22H18F7O4S2+. The average molecular weight is 544 g/mol. The van der Waals surface area contributed by atoms with Crippen LogP contribution >= 0.6 is 10.3 Å². The number of alkyl halides is 7. The molecule has 0 saturated heterocycles. The van der Waals surface area contributed by atoms with Gasteiger partial charge in [-0.25, -0.2) is 0 Å². The molecule has 0 saturated carbocycles. The van der Waals surface area contributed by atoms with E-state index < -0.39 is 37.8 Å². The Morgan fingerprint density at radius 3 is 1.43 bits per heavy atom. The molecule has 13 heteroatoms. The van der Waals surface area contributed by atoms with Gasteiger partial charge in [0.25, 0.3) is 0 Å². The van der Waals surface area contributed by atoms with Crippen molar-refractivity contribution in [3.05, 3.63) is 84.9 Å². The molecule has 0 spiro atoms. The first kappa shape index (κ1) is 26.8. The fourth-order valence-corrected chi connectivity index (χ4v) is 8.54. The fraction of sp³-hybridized carbons (Fsp3) is 0.182. The molecule has 0 bridgehead atoms. The molecular weight excluding hydrogens is 525 g/mol. The van der Waals surface area contributed by atoms with Gasteiger partial charge >= 0.3 is 27.5 Å². The molecule has 1 N–H and O–H groups in total. The van der Waals surface area contributed by atoms with E-state index in [0.717, 1.165) is 0 Å². The molecule has 3 aromatic rings. The molecule has 35 heavy (non-hydrogen) atoms. The number of benzene rings is 3. The third-order valence-corrected chi connectivity index (χ3v) is 10.3. The molecule has 0 radical (unpaired) electrons. The zero-order chi connectivity index (χ0) is 26.1. The van der Waals surface area contributed by atoms with Crippen LogP contribution < -0.4 is 4.74 Å². The van der Waals surface area contributed by atoms with E-state index in [1.165, 1.54) is 92.0 Å². The van der Waals surface area contributed by atoms with Gasteiger partial charge in [0.1, 0.15) is 5.75 Å². The van der Waals surface area contributed by atoms with Crippen LogP contribution in [0.2, 0.25) is 0 Å². The van der Waals surface area contributed by atoms with Gasteiger partial charge in [-0.3, -0.25) is 3.63 Å². The van der Waals surface area contributed by atoms with Crippen molar-refractivity contribution in [3.63, 3.8) is 0 Å². The zero-order valence-electron chi connectivity index (χ0n) is 17.7. The Morgan fingerprint density at radius 1 is 0.657 bits per heavy atom. The van der Waals surface area contributed by atoms with Gasteiger partial charge < -0.3 is 4.74 Å². The highest BCUT2D eigenvalue weighted by Crippen LogP contribution is 2.69. The lowest BCUT2D eigenvalue weighted by Crippen LogP contribution is -2.57. The summed E-state index contributed by atoms with van der Waals surface area (Å²) in [6.07, 6.45) is -6.85. The van der Waals surface area contributed by atoms with Crippen LogP contribution in [0.25, 0.3) is 0 Å². The third-order valence-electron chi connectivity index (χ3n) is 4.82. The average Bonchev–Trinajstić information content (AvgIpc) is 2.83. The summed E-state index contributed by atoms with van der Waals surface area (Å²) >= 11 is 0. The minimum absolute atomic E-state index is 0.00562. The van der Waals surface area contributed by atoms with E-state index in [2.05, 4.69) is 3.63 Å². The topological polar surface area (TPSA) is 56.2 Å². The van der Waals surface area contributed by atoms with Crippen LogP contribution in [0.1, 0.15) is 0 Å². The Kier molecular flexibility index (Phi) is 7.17. The van der Waals surface area contributed by atoms with Crippen molar-refractivity contribution in [1.82, 2.24) is 0 Å². The number of halogens is 7. The SMILES string of the molecule is COc1ccc(S([OH+]S(=O)(=O)C(F)(F)C(F)(F)C(F)(F)F)(c2ccccc2)c2ccccc2)cc1. The van der Waals surface area contributed by atoms with Crippen LogP contribution in [-0.2, 0) is 10.1 Å². The lowest BCUT2D eigenvalue weighted by Gasteiger charge is -2.36. The first-order chi connectivity index (χ1) is 16.2. The summed E-state index contributed by atoms with van der Waals surface area (Å²) < 4.78 is 129. The van der Waals surface area contributed by atoms with Crippen LogP contribution in [0, 0.1) is 0 Å². The fourth-order valence-electron chi connectivity index (χ4n) is 3.07. The molecule has 0 atom stereocenters. The van der Waals surface area contributed by atoms with Gasteiger partial charge in [0, 0.05) is 0 Å². The first-order valence-electron chi connectivity index (χ1n) is 9.59. The third kappa shape index (κ3) is 4.59. The molecule has 3 rings (SSSR count). The van der Waals surface area contributed by atoms with Gasteiger partial charge in [-0.2, -0.15) is 30.7 Å². The maximum atomic E-state index is 14.5. The van der Waals surface area contributed by atoms with Gasteiger partial charge in [-0.05, 0) is 48.5 Å². The summed E-state index contributed by atoms with van der Waals surface area (Å²) in [5, 5.41) is -6.59. The highest BCUT2D eigenvalue weighted by atomic mass is 32.3. The Hall–Kier alpha value is -2.77. The summed E-state index contributed by atoms with van der Waals surface area (Å²) in [5.74, 6) is -6.61. The van der Waals surface area contributed by atoms with Crippen LogP contribution in [0.5, 0.6) is 5.75 Å². The van der Waals surface area contributed by atoms with Crippen LogP contribution in [-0.4, -0.2) is 36.5 Å². The molecule has 190 valence electrons. The van der Waals surface area contributed by atoms with E-state index >= 15 is 0 Å². The smallest absolute Gasteiger partial charge is 0.489 e. The van der Waals surface area contributed by atoms with Crippen LogP contribution in [0.3, 0.4) is 0 Å². The lowest BCUT2D eigenvalue weighted by atomic mass is 10.3. The van der Waals surface area contributed by atoms with Crippen molar-refractivity contribution in [2.45, 2.75) is 32.0 Å². The summed E-state index contributed by atoms with van der Waals surface area (Å²) in [6, 6.07) is 19.3. The van der Waals surface area contributed by atoms with E-state index in [-0.39, 0.29) is 14.7 Å². The van der Waals surface area contributed by atoms with Crippen molar-refractivity contribution in [3.8, 4) is 5.75 Å². The number of ether oxygens (including phenoxy) is 1. The number of hydrogen-bond acceptors (Lipinski definition) is 3. The highest BCUT2D eigenvalue weighted by molar-refractivity contribution is 8.32. The predicted octanol–water partition coefficient (Wildman–Crippen LogP) is 7.11. The molecule has 4 nitrogen and oxygen atoms in total. The van der Waals surface area contributed by atoms with Gasteiger partial charge in [-0.15, -0.1) is 8.42 Å². The highest BCUT2D eigenvalue weighted by Gasteiger charge is 2.82. The standard InChI is InChI=1S/C22H17F7O4S2/c1-32-16-12-14-19(15-13-16)34(17-8-4-2-5-9-17,18-10-6-3-7-11-18)33-35(30,31)22(28,29)20(23,24)21(25,26)27/h2-15H,1H3/p+1. The largest absolute Gasteiger partial charge is 0.497 e. The van der Waals surface area contributed by atoms with Crippen molar-refractivity contribution < 1.29 is 47.5 Å². The Bertz CT molecular complexity index is 1210. The Morgan fingerprint density at radius 2 is 1.06 bits per heavy atom.